The molecule has 0 bridgehead atoms. The first-order valence-electron chi connectivity index (χ1n) is 9.44. The molecule has 2 heterocycles. The second-order valence-electron chi connectivity index (χ2n) is 7.04. The van der Waals surface area contributed by atoms with E-state index in [1.54, 1.807) is 0 Å². The Morgan fingerprint density at radius 2 is 1.88 bits per heavy atom. The average Bonchev–Trinajstić information content (AvgIpc) is 2.73. The summed E-state index contributed by atoms with van der Waals surface area (Å²) in [5, 5.41) is 2.21. The van der Waals surface area contributed by atoms with Crippen molar-refractivity contribution in [3.8, 4) is 0 Å². The van der Waals surface area contributed by atoms with E-state index in [1.165, 1.54) is 23.6 Å². The van der Waals surface area contributed by atoms with Gasteiger partial charge in [-0.05, 0) is 5.56 Å². The molecule has 0 unspecified atom stereocenters. The summed E-state index contributed by atoms with van der Waals surface area (Å²) in [5.74, 6) is -1.94. The average molecular weight is 522 g/mol. The number of nitrogens with zero attached hydrogens (tertiary/aromatic N) is 1. The SMILES string of the molecule is CC(=O)OCC1=C(C(=O)OCC(Cl)(Cl)Cl)N2C(=O)[C@@H](NC(=O)Cc3ccccc3)[C@H]2SC1. The number of fused-ring (bicyclic) bond motifs is 1. The number of nitrogens with one attached hydrogen (secondary N) is 1. The van der Waals surface area contributed by atoms with Crippen LogP contribution in [-0.4, -0.2) is 62.8 Å². The first-order valence-corrected chi connectivity index (χ1v) is 11.6. The molecule has 0 aliphatic carbocycles. The largest absolute Gasteiger partial charge is 0.461 e. The summed E-state index contributed by atoms with van der Waals surface area (Å²) in [5.41, 5.74) is 1.13. The van der Waals surface area contributed by atoms with Gasteiger partial charge in [0.05, 0.1) is 6.42 Å². The van der Waals surface area contributed by atoms with Crippen molar-refractivity contribution in [1.29, 1.82) is 0 Å². The van der Waals surface area contributed by atoms with E-state index in [2.05, 4.69) is 5.32 Å². The fourth-order valence-corrected chi connectivity index (χ4v) is 4.68. The molecule has 0 aromatic heterocycles. The minimum absolute atomic E-state index is 0.0668. The van der Waals surface area contributed by atoms with Crippen LogP contribution in [-0.2, 0) is 35.1 Å². The summed E-state index contributed by atoms with van der Waals surface area (Å²) in [4.78, 5) is 50.4. The summed E-state index contributed by atoms with van der Waals surface area (Å²) in [7, 11) is 0. The van der Waals surface area contributed by atoms with Crippen molar-refractivity contribution in [2.75, 3.05) is 19.0 Å². The Kier molecular flexibility index (Phi) is 7.97. The third-order valence-corrected chi connectivity index (χ3v) is 6.25. The Hall–Kier alpha value is -1.94. The van der Waals surface area contributed by atoms with Crippen molar-refractivity contribution in [2.45, 2.75) is 28.6 Å². The van der Waals surface area contributed by atoms with E-state index >= 15 is 0 Å². The molecule has 2 aliphatic rings. The predicted molar refractivity (Wildman–Crippen MR) is 120 cm³/mol. The molecule has 1 aromatic rings. The number of ether oxygens (including phenoxy) is 2. The summed E-state index contributed by atoms with van der Waals surface area (Å²) in [6, 6.07) is 8.30. The van der Waals surface area contributed by atoms with Crippen LogP contribution in [0.2, 0.25) is 0 Å². The van der Waals surface area contributed by atoms with Crippen molar-refractivity contribution < 1.29 is 28.7 Å². The van der Waals surface area contributed by atoms with Gasteiger partial charge in [0.25, 0.3) is 5.91 Å². The lowest BCUT2D eigenvalue weighted by atomic mass is 10.0. The third-order valence-electron chi connectivity index (χ3n) is 4.58. The van der Waals surface area contributed by atoms with Crippen LogP contribution < -0.4 is 5.32 Å². The lowest BCUT2D eigenvalue weighted by Crippen LogP contribution is -2.70. The van der Waals surface area contributed by atoms with E-state index in [-0.39, 0.29) is 30.4 Å². The minimum Gasteiger partial charge on any atom is -0.461 e. The number of carbonyl (C=O) groups excluding carboxylic acids is 4. The lowest BCUT2D eigenvalue weighted by Gasteiger charge is -2.49. The van der Waals surface area contributed by atoms with Crippen LogP contribution in [0, 0.1) is 0 Å². The van der Waals surface area contributed by atoms with Gasteiger partial charge in [-0.1, -0.05) is 65.1 Å². The summed E-state index contributed by atoms with van der Waals surface area (Å²) >= 11 is 18.3. The smallest absolute Gasteiger partial charge is 0.355 e. The first kappa shape index (κ1) is 24.7. The number of thioether (sulfide) groups is 1. The molecule has 1 N–H and O–H groups in total. The van der Waals surface area contributed by atoms with Gasteiger partial charge in [0, 0.05) is 18.2 Å². The van der Waals surface area contributed by atoms with E-state index in [1.807, 2.05) is 30.3 Å². The second-order valence-corrected chi connectivity index (χ2v) is 10.7. The minimum atomic E-state index is -1.83. The molecule has 2 atom stereocenters. The van der Waals surface area contributed by atoms with Gasteiger partial charge < -0.3 is 14.8 Å². The van der Waals surface area contributed by atoms with Gasteiger partial charge >= 0.3 is 11.9 Å². The van der Waals surface area contributed by atoms with Gasteiger partial charge in [0.15, 0.2) is 0 Å². The van der Waals surface area contributed by atoms with Crippen molar-refractivity contribution in [3.63, 3.8) is 0 Å². The van der Waals surface area contributed by atoms with Gasteiger partial charge in [0.1, 0.15) is 30.3 Å². The molecule has 2 amide bonds. The zero-order valence-corrected chi connectivity index (χ0v) is 19.9. The molecule has 172 valence electrons. The topological polar surface area (TPSA) is 102 Å². The number of rotatable bonds is 7. The van der Waals surface area contributed by atoms with Gasteiger partial charge in [0.2, 0.25) is 9.70 Å². The number of carbonyl (C=O) groups is 4. The van der Waals surface area contributed by atoms with E-state index in [9.17, 15) is 19.2 Å². The van der Waals surface area contributed by atoms with Crippen LogP contribution in [0.3, 0.4) is 0 Å². The predicted octanol–water partition coefficient (Wildman–Crippen LogP) is 2.36. The van der Waals surface area contributed by atoms with Crippen LogP contribution in [0.15, 0.2) is 41.6 Å². The quantitative estimate of drug-likeness (QED) is 0.334. The first-order chi connectivity index (χ1) is 15.1. The number of halogens is 3. The monoisotopic (exact) mass is 520 g/mol. The highest BCUT2D eigenvalue weighted by atomic mass is 35.6. The molecule has 12 heteroatoms. The third kappa shape index (κ3) is 6.10. The number of hydrogen-bond donors (Lipinski definition) is 1. The highest BCUT2D eigenvalue weighted by Gasteiger charge is 2.54. The Morgan fingerprint density at radius 3 is 2.50 bits per heavy atom. The molecule has 1 saturated heterocycles. The molecule has 2 aliphatic heterocycles. The van der Waals surface area contributed by atoms with E-state index < -0.39 is 39.7 Å². The molecule has 1 fully saturated rings. The molecule has 0 saturated carbocycles. The van der Waals surface area contributed by atoms with Gasteiger partial charge in [-0.3, -0.25) is 19.3 Å². The zero-order chi connectivity index (χ0) is 23.5. The lowest BCUT2D eigenvalue weighted by molar-refractivity contribution is -0.153. The molecule has 0 spiro atoms. The van der Waals surface area contributed by atoms with Crippen LogP contribution in [0.1, 0.15) is 12.5 Å². The number of benzene rings is 1. The second kappa shape index (κ2) is 10.3. The van der Waals surface area contributed by atoms with E-state index in [0.29, 0.717) is 5.57 Å². The van der Waals surface area contributed by atoms with Crippen LogP contribution in [0.4, 0.5) is 0 Å². The standard InChI is InChI=1S/C20H19Cl3N2O6S/c1-11(26)30-8-13-9-32-18-15(24-14(27)7-12-5-3-2-4-6-12)17(28)25(18)16(13)19(29)31-10-20(21,22)23/h2-6,15,18H,7-10H2,1H3,(H,24,27)/t15-,18-/m1/s1. The highest BCUT2D eigenvalue weighted by Crippen LogP contribution is 2.41. The molecular weight excluding hydrogens is 503 g/mol. The molecule has 8 nitrogen and oxygen atoms in total. The number of β-lactam (4-membered cyclic amide) rings is 1. The highest BCUT2D eigenvalue weighted by molar-refractivity contribution is 8.00. The van der Waals surface area contributed by atoms with Crippen LogP contribution >= 0.6 is 46.6 Å². The van der Waals surface area contributed by atoms with Crippen molar-refractivity contribution in [3.05, 3.63) is 47.2 Å². The Bertz CT molecular complexity index is 950. The number of hydrogen-bond acceptors (Lipinski definition) is 7. The molecule has 3 rings (SSSR count). The van der Waals surface area contributed by atoms with Gasteiger partial charge in [-0.2, -0.15) is 0 Å². The zero-order valence-electron chi connectivity index (χ0n) is 16.8. The summed E-state index contributed by atoms with van der Waals surface area (Å²) < 4.78 is 8.23. The molecular formula is C20H19Cl3N2O6S. The summed E-state index contributed by atoms with van der Waals surface area (Å²) in [6.07, 6.45) is 0.119. The number of alkyl halides is 3. The van der Waals surface area contributed by atoms with Crippen LogP contribution in [0.25, 0.3) is 0 Å². The molecule has 1 aromatic carbocycles. The maximum Gasteiger partial charge on any atom is 0.355 e. The van der Waals surface area contributed by atoms with Gasteiger partial charge in [-0.15, -0.1) is 11.8 Å². The number of amides is 2. The van der Waals surface area contributed by atoms with Crippen molar-refractivity contribution >= 4 is 70.3 Å². The molecule has 32 heavy (non-hydrogen) atoms. The maximum absolute atomic E-state index is 12.9. The van der Waals surface area contributed by atoms with E-state index in [4.69, 9.17) is 44.3 Å². The van der Waals surface area contributed by atoms with Crippen LogP contribution in [0.5, 0.6) is 0 Å². The fraction of sp³-hybridized carbons (Fsp3) is 0.400. The summed E-state index contributed by atoms with van der Waals surface area (Å²) in [6.45, 7) is 0.507. The Balaban J connectivity index is 1.73. The normalized spacial score (nSPS) is 20.2. The van der Waals surface area contributed by atoms with Crippen molar-refractivity contribution in [1.82, 2.24) is 10.2 Å². The Labute approximate surface area is 203 Å². The maximum atomic E-state index is 12.9. The molecule has 0 radical (unpaired) electrons. The van der Waals surface area contributed by atoms with Crippen molar-refractivity contribution in [2.24, 2.45) is 0 Å². The Morgan fingerprint density at radius 1 is 1.19 bits per heavy atom. The van der Waals surface area contributed by atoms with E-state index in [0.717, 1.165) is 5.56 Å². The fourth-order valence-electron chi connectivity index (χ4n) is 3.19. The van der Waals surface area contributed by atoms with Gasteiger partial charge in [-0.25, -0.2) is 4.79 Å². The number of esters is 2.